The highest BCUT2D eigenvalue weighted by Gasteiger charge is 2.29. The van der Waals surface area contributed by atoms with Crippen molar-refractivity contribution in [2.75, 3.05) is 0 Å². The summed E-state index contributed by atoms with van der Waals surface area (Å²) in [6, 6.07) is 1.61. The van der Waals surface area contributed by atoms with E-state index in [0.717, 1.165) is 5.56 Å². The Morgan fingerprint density at radius 3 is 2.00 bits per heavy atom. The molecule has 0 unspecified atom stereocenters. The average molecular weight is 315 g/mol. The highest BCUT2D eigenvalue weighted by Crippen LogP contribution is 2.22. The lowest BCUT2D eigenvalue weighted by atomic mass is 10.1. The fraction of sp³-hybridized carbons (Fsp3) is 0.385. The summed E-state index contributed by atoms with van der Waals surface area (Å²) >= 11 is 0. The zero-order valence-corrected chi connectivity index (χ0v) is 12.7. The van der Waals surface area contributed by atoms with E-state index in [0.29, 0.717) is 11.1 Å². The van der Waals surface area contributed by atoms with Crippen molar-refractivity contribution in [1.82, 2.24) is 4.72 Å². The molecule has 0 radical (unpaired) electrons. The van der Waals surface area contributed by atoms with Crippen LogP contribution < -0.4 is 4.72 Å². The molecular formula is C13H17NO6S. The van der Waals surface area contributed by atoms with Gasteiger partial charge in [-0.25, -0.2) is 8.42 Å². The highest BCUT2D eigenvalue weighted by molar-refractivity contribution is 7.89. The number of aliphatic carboxylic acids is 2. The van der Waals surface area contributed by atoms with Gasteiger partial charge in [-0.05, 0) is 31.9 Å². The maximum Gasteiger partial charge on any atom is 0.322 e. The van der Waals surface area contributed by atoms with E-state index in [4.69, 9.17) is 10.2 Å². The van der Waals surface area contributed by atoms with E-state index in [1.165, 1.54) is 0 Å². The zero-order chi connectivity index (χ0) is 16.4. The Bertz CT molecular complexity index is 657. The van der Waals surface area contributed by atoms with E-state index in [9.17, 15) is 18.0 Å². The van der Waals surface area contributed by atoms with Crippen molar-refractivity contribution in [3.05, 3.63) is 28.8 Å². The summed E-state index contributed by atoms with van der Waals surface area (Å²) in [4.78, 5) is 21.6. The number of hydrogen-bond donors (Lipinski definition) is 3. The normalized spacial score (nSPS) is 12.9. The molecule has 8 heteroatoms. The van der Waals surface area contributed by atoms with Gasteiger partial charge in [0.2, 0.25) is 10.0 Å². The summed E-state index contributed by atoms with van der Waals surface area (Å²) in [7, 11) is -4.12. The van der Waals surface area contributed by atoms with Gasteiger partial charge in [-0.1, -0.05) is 17.7 Å². The zero-order valence-electron chi connectivity index (χ0n) is 11.9. The topological polar surface area (TPSA) is 121 Å². The van der Waals surface area contributed by atoms with Crippen molar-refractivity contribution in [1.29, 1.82) is 0 Å². The fourth-order valence-electron chi connectivity index (χ4n) is 2.19. The number of rotatable bonds is 6. The third kappa shape index (κ3) is 4.27. The van der Waals surface area contributed by atoms with Crippen molar-refractivity contribution in [2.45, 2.75) is 38.1 Å². The summed E-state index contributed by atoms with van der Waals surface area (Å²) < 4.78 is 26.6. The molecule has 21 heavy (non-hydrogen) atoms. The van der Waals surface area contributed by atoms with Crippen molar-refractivity contribution >= 4 is 22.0 Å². The maximum absolute atomic E-state index is 12.3. The molecule has 0 aliphatic rings. The number of carboxylic acids is 2. The average Bonchev–Trinajstić information content (AvgIpc) is 2.24. The summed E-state index contributed by atoms with van der Waals surface area (Å²) in [5.74, 6) is -2.94. The molecule has 0 heterocycles. The molecule has 0 spiro atoms. The van der Waals surface area contributed by atoms with Crippen LogP contribution >= 0.6 is 0 Å². The van der Waals surface area contributed by atoms with Crippen LogP contribution in [0, 0.1) is 20.8 Å². The van der Waals surface area contributed by atoms with Crippen molar-refractivity contribution in [3.63, 3.8) is 0 Å². The van der Waals surface area contributed by atoms with Crippen molar-refractivity contribution < 1.29 is 28.2 Å². The van der Waals surface area contributed by atoms with Gasteiger partial charge >= 0.3 is 11.9 Å². The van der Waals surface area contributed by atoms with Crippen molar-refractivity contribution in [3.8, 4) is 0 Å². The largest absolute Gasteiger partial charge is 0.481 e. The minimum Gasteiger partial charge on any atom is -0.481 e. The van der Waals surface area contributed by atoms with Crippen LogP contribution in [0.2, 0.25) is 0 Å². The first-order valence-corrected chi connectivity index (χ1v) is 7.57. The summed E-state index contributed by atoms with van der Waals surface area (Å²) in [5.41, 5.74) is 1.82. The van der Waals surface area contributed by atoms with Crippen LogP contribution in [0.3, 0.4) is 0 Å². The maximum atomic E-state index is 12.3. The monoisotopic (exact) mass is 315 g/mol. The molecule has 0 aliphatic heterocycles. The third-order valence-corrected chi connectivity index (χ3v) is 4.62. The van der Waals surface area contributed by atoms with E-state index in [2.05, 4.69) is 0 Å². The predicted octanol–water partition coefficient (Wildman–Crippen LogP) is 0.818. The van der Waals surface area contributed by atoms with Crippen LogP contribution in [0.4, 0.5) is 0 Å². The lowest BCUT2D eigenvalue weighted by Gasteiger charge is -2.16. The molecule has 0 saturated heterocycles. The summed E-state index contributed by atoms with van der Waals surface area (Å²) in [5, 5.41) is 17.6. The molecule has 0 bridgehead atoms. The molecule has 7 nitrogen and oxygen atoms in total. The van der Waals surface area contributed by atoms with Gasteiger partial charge in [0.25, 0.3) is 0 Å². The molecule has 1 rings (SSSR count). The van der Waals surface area contributed by atoms with Gasteiger partial charge in [0.1, 0.15) is 6.04 Å². The first-order chi connectivity index (χ1) is 9.54. The molecule has 3 N–H and O–H groups in total. The second-order valence-corrected chi connectivity index (χ2v) is 6.49. The smallest absolute Gasteiger partial charge is 0.322 e. The summed E-state index contributed by atoms with van der Waals surface area (Å²) in [6.07, 6.45) is -0.835. The number of sulfonamides is 1. The minimum atomic E-state index is -4.12. The Morgan fingerprint density at radius 1 is 1.14 bits per heavy atom. The second kappa shape index (κ2) is 6.23. The SMILES string of the molecule is Cc1cc(C)c(S(=O)(=O)N[C@H](CC(=O)O)C(=O)O)c(C)c1. The lowest BCUT2D eigenvalue weighted by molar-refractivity contribution is -0.145. The third-order valence-electron chi connectivity index (χ3n) is 2.85. The standard InChI is InChI=1S/C13H17NO6S/c1-7-4-8(2)12(9(3)5-7)21(19,20)14-10(13(17)18)6-11(15)16/h4-5,10,14H,6H2,1-3H3,(H,15,16)(H,17,18)/t10-/m1/s1. The van der Waals surface area contributed by atoms with Crippen LogP contribution in [-0.4, -0.2) is 36.6 Å². The first-order valence-electron chi connectivity index (χ1n) is 6.09. The molecule has 0 fully saturated rings. The van der Waals surface area contributed by atoms with E-state index >= 15 is 0 Å². The number of benzene rings is 1. The Labute approximate surface area is 122 Å². The van der Waals surface area contributed by atoms with Gasteiger partial charge in [-0.15, -0.1) is 0 Å². The van der Waals surface area contributed by atoms with Gasteiger partial charge in [-0.2, -0.15) is 4.72 Å². The molecule has 1 aromatic rings. The van der Waals surface area contributed by atoms with Crippen LogP contribution in [0.15, 0.2) is 17.0 Å². The molecule has 1 aromatic carbocycles. The molecule has 116 valence electrons. The van der Waals surface area contributed by atoms with E-state index < -0.39 is 34.4 Å². The Hall–Kier alpha value is -1.93. The second-order valence-electron chi connectivity index (χ2n) is 4.84. The molecule has 0 aromatic heterocycles. The van der Waals surface area contributed by atoms with Gasteiger partial charge in [0.05, 0.1) is 11.3 Å². The Kier molecular flexibility index (Phi) is 5.08. The highest BCUT2D eigenvalue weighted by atomic mass is 32.2. The number of carbonyl (C=O) groups is 2. The predicted molar refractivity (Wildman–Crippen MR) is 74.7 cm³/mol. The van der Waals surface area contributed by atoms with Crippen LogP contribution in [-0.2, 0) is 19.6 Å². The fourth-order valence-corrected chi connectivity index (χ4v) is 3.83. The van der Waals surface area contributed by atoms with E-state index in [-0.39, 0.29) is 4.90 Å². The van der Waals surface area contributed by atoms with Gasteiger partial charge in [0, 0.05) is 0 Å². The van der Waals surface area contributed by atoms with Crippen LogP contribution in [0.5, 0.6) is 0 Å². The van der Waals surface area contributed by atoms with Crippen LogP contribution in [0.1, 0.15) is 23.1 Å². The van der Waals surface area contributed by atoms with Gasteiger partial charge in [0.15, 0.2) is 0 Å². The first kappa shape index (κ1) is 17.1. The number of aryl methyl sites for hydroxylation is 3. The lowest BCUT2D eigenvalue weighted by Crippen LogP contribution is -2.42. The molecule has 0 aliphatic carbocycles. The number of hydrogen-bond acceptors (Lipinski definition) is 4. The Morgan fingerprint density at radius 2 is 1.62 bits per heavy atom. The minimum absolute atomic E-state index is 0.0234. The van der Waals surface area contributed by atoms with E-state index in [1.807, 2.05) is 11.6 Å². The van der Waals surface area contributed by atoms with Crippen LogP contribution in [0.25, 0.3) is 0 Å². The molecule has 1 atom stereocenters. The Balaban J connectivity index is 3.23. The van der Waals surface area contributed by atoms with Crippen molar-refractivity contribution in [2.24, 2.45) is 0 Å². The van der Waals surface area contributed by atoms with E-state index in [1.54, 1.807) is 26.0 Å². The summed E-state index contributed by atoms with van der Waals surface area (Å²) in [6.45, 7) is 5.01. The number of nitrogens with one attached hydrogen (secondary N) is 1. The molecular weight excluding hydrogens is 298 g/mol. The molecule has 0 amide bonds. The quantitative estimate of drug-likeness (QED) is 0.714. The van der Waals surface area contributed by atoms with Gasteiger partial charge in [-0.3, -0.25) is 9.59 Å². The van der Waals surface area contributed by atoms with Gasteiger partial charge < -0.3 is 10.2 Å². The molecule has 0 saturated carbocycles. The number of carboxylic acid groups (broad SMARTS) is 2.